The molecule has 0 bridgehead atoms. The van der Waals surface area contributed by atoms with Gasteiger partial charge in [-0.15, -0.1) is 0 Å². The Balaban J connectivity index is 2.52. The van der Waals surface area contributed by atoms with Gasteiger partial charge in [0, 0.05) is 0 Å². The maximum Gasteiger partial charge on any atom is 0.237 e. The van der Waals surface area contributed by atoms with Gasteiger partial charge >= 0.3 is 0 Å². The predicted octanol–water partition coefficient (Wildman–Crippen LogP) is 2.80. The van der Waals surface area contributed by atoms with Crippen molar-refractivity contribution in [1.82, 2.24) is 5.32 Å². The van der Waals surface area contributed by atoms with Crippen LogP contribution in [0, 0.1) is 6.92 Å². The van der Waals surface area contributed by atoms with Crippen molar-refractivity contribution >= 4 is 43.9 Å². The largest absolute Gasteiger partial charge is 0.277 e. The van der Waals surface area contributed by atoms with E-state index < -0.39 is 0 Å². The molecule has 0 atom stereocenters. The number of hydrogen-bond donors (Lipinski definition) is 1. The normalized spacial score (nSPS) is 15.2. The molecule has 0 amide bonds. The van der Waals surface area contributed by atoms with E-state index >= 15 is 0 Å². The van der Waals surface area contributed by atoms with Crippen molar-refractivity contribution in [3.05, 3.63) is 26.6 Å². The van der Waals surface area contributed by atoms with Crippen molar-refractivity contribution in [2.45, 2.75) is 6.92 Å². The summed E-state index contributed by atoms with van der Waals surface area (Å²) >= 11 is 7.18. The third-order valence-corrected chi connectivity index (χ3v) is 3.40. The molecule has 0 aliphatic carbocycles. The minimum absolute atomic E-state index is 1.01. The van der Waals surface area contributed by atoms with E-state index in [-0.39, 0.29) is 0 Å². The van der Waals surface area contributed by atoms with Crippen LogP contribution in [0.15, 0.2) is 21.1 Å². The lowest BCUT2D eigenvalue weighted by atomic mass is 10.2. The minimum atomic E-state index is 1.01. The van der Waals surface area contributed by atoms with Crippen LogP contribution in [-0.4, -0.2) is 24.0 Å². The van der Waals surface area contributed by atoms with Gasteiger partial charge in [-0.05, 0) is 56.5 Å². The summed E-state index contributed by atoms with van der Waals surface area (Å²) in [6, 6.07) is 4.26. The van der Waals surface area contributed by atoms with Crippen molar-refractivity contribution in [1.29, 1.82) is 0 Å². The Hall–Kier alpha value is -0.350. The second-order valence-electron chi connectivity index (χ2n) is 3.35. The summed E-state index contributed by atoms with van der Waals surface area (Å²) in [7, 11) is 0. The third kappa shape index (κ3) is 1.86. The number of nitrogens with zero attached hydrogens (tertiary/aromatic N) is 1. The first-order valence-electron chi connectivity index (χ1n) is 4.47. The van der Waals surface area contributed by atoms with Crippen molar-refractivity contribution in [2.75, 3.05) is 13.1 Å². The van der Waals surface area contributed by atoms with Crippen LogP contribution in [0.2, 0.25) is 0 Å². The minimum Gasteiger partial charge on any atom is -0.277 e. The quantitative estimate of drug-likeness (QED) is 0.787. The summed E-state index contributed by atoms with van der Waals surface area (Å²) in [5, 5.41) is 3.20. The van der Waals surface area contributed by atoms with Crippen LogP contribution >= 0.6 is 31.9 Å². The van der Waals surface area contributed by atoms with Crippen molar-refractivity contribution in [2.24, 2.45) is 0 Å². The average Bonchev–Trinajstić information content (AvgIpc) is 2.54. The fraction of sp³-hybridized carbons (Fsp3) is 0.300. The highest BCUT2D eigenvalue weighted by molar-refractivity contribution is 9.11. The number of hydrogen-bond acceptors (Lipinski definition) is 1. The molecule has 4 heteroatoms. The van der Waals surface area contributed by atoms with Crippen LogP contribution in [0.1, 0.15) is 5.56 Å². The molecule has 0 saturated carbocycles. The zero-order valence-corrected chi connectivity index (χ0v) is 11.0. The highest BCUT2D eigenvalue weighted by Crippen LogP contribution is 2.34. The van der Waals surface area contributed by atoms with Crippen molar-refractivity contribution in [3.63, 3.8) is 0 Å². The number of nitrogens with one attached hydrogen (secondary N) is 1. The summed E-state index contributed by atoms with van der Waals surface area (Å²) in [6.45, 7) is 4.11. The summed E-state index contributed by atoms with van der Waals surface area (Å²) < 4.78 is 4.46. The molecular weight excluding hydrogens is 308 g/mol. The van der Waals surface area contributed by atoms with Crippen molar-refractivity contribution < 1.29 is 4.58 Å². The molecule has 2 nitrogen and oxygen atoms in total. The van der Waals surface area contributed by atoms with Crippen LogP contribution in [-0.2, 0) is 0 Å². The summed E-state index contributed by atoms with van der Waals surface area (Å²) in [6.07, 6.45) is 2.01. The highest BCUT2D eigenvalue weighted by atomic mass is 79.9. The van der Waals surface area contributed by atoms with Gasteiger partial charge in [-0.2, -0.15) is 0 Å². The van der Waals surface area contributed by atoms with Gasteiger partial charge in [0.05, 0.1) is 8.95 Å². The van der Waals surface area contributed by atoms with E-state index in [1.54, 1.807) is 0 Å². The monoisotopic (exact) mass is 317 g/mol. The highest BCUT2D eigenvalue weighted by Gasteiger charge is 2.17. The molecule has 0 fully saturated rings. The topological polar surface area (TPSA) is 15.0 Å². The maximum absolute atomic E-state index is 3.59. The number of aryl methyl sites for hydroxylation is 1. The van der Waals surface area contributed by atoms with Gasteiger partial charge < -0.3 is 0 Å². The van der Waals surface area contributed by atoms with Gasteiger partial charge in [-0.25, -0.2) is 4.58 Å². The molecule has 1 N–H and O–H groups in total. The number of rotatable bonds is 1. The molecule has 1 aromatic carbocycles. The Labute approximate surface area is 100 Å². The van der Waals surface area contributed by atoms with E-state index in [0.717, 1.165) is 22.0 Å². The molecule has 74 valence electrons. The fourth-order valence-corrected chi connectivity index (χ4v) is 3.44. The first-order chi connectivity index (χ1) is 6.68. The van der Waals surface area contributed by atoms with Gasteiger partial charge in [0.1, 0.15) is 13.1 Å². The van der Waals surface area contributed by atoms with Crippen molar-refractivity contribution in [3.8, 4) is 0 Å². The smallest absolute Gasteiger partial charge is 0.237 e. The lowest BCUT2D eigenvalue weighted by Crippen LogP contribution is -2.05. The van der Waals surface area contributed by atoms with Crippen LogP contribution in [0.25, 0.3) is 0 Å². The second-order valence-corrected chi connectivity index (χ2v) is 5.06. The predicted molar refractivity (Wildman–Crippen MR) is 65.4 cm³/mol. The van der Waals surface area contributed by atoms with Crippen LogP contribution in [0.3, 0.4) is 0 Å². The lowest BCUT2D eigenvalue weighted by Gasteiger charge is -2.06. The number of benzene rings is 1. The summed E-state index contributed by atoms with van der Waals surface area (Å²) in [4.78, 5) is 0. The zero-order valence-electron chi connectivity index (χ0n) is 7.85. The summed E-state index contributed by atoms with van der Waals surface area (Å²) in [5.41, 5.74) is 2.44. The van der Waals surface area contributed by atoms with E-state index in [2.05, 4.69) is 60.8 Å². The molecule has 0 spiro atoms. The third-order valence-electron chi connectivity index (χ3n) is 2.19. The molecule has 0 saturated heterocycles. The Bertz CT molecular complexity index is 376. The first-order valence-corrected chi connectivity index (χ1v) is 6.06. The molecule has 1 aliphatic rings. The lowest BCUT2D eigenvalue weighted by molar-refractivity contribution is -0.425. The Morgan fingerprint density at radius 2 is 1.93 bits per heavy atom. The molecule has 1 aromatic rings. The molecule has 0 radical (unpaired) electrons. The fourth-order valence-electron chi connectivity index (χ4n) is 1.57. The first kappa shape index (κ1) is 10.2. The Morgan fingerprint density at radius 1 is 1.29 bits per heavy atom. The Morgan fingerprint density at radius 3 is 2.43 bits per heavy atom. The van der Waals surface area contributed by atoms with E-state index in [9.17, 15) is 0 Å². The van der Waals surface area contributed by atoms with E-state index in [4.69, 9.17) is 0 Å². The second kappa shape index (κ2) is 4.03. The molecule has 1 aliphatic heterocycles. The zero-order chi connectivity index (χ0) is 10.1. The van der Waals surface area contributed by atoms with Gasteiger partial charge in [0.15, 0.2) is 5.69 Å². The van der Waals surface area contributed by atoms with E-state index in [1.165, 1.54) is 11.3 Å². The molecule has 14 heavy (non-hydrogen) atoms. The van der Waals surface area contributed by atoms with Gasteiger partial charge in [0.2, 0.25) is 6.34 Å². The molecule has 0 aromatic heterocycles. The van der Waals surface area contributed by atoms with Crippen LogP contribution in [0.5, 0.6) is 0 Å². The standard InChI is InChI=1S/C10H10Br2N2/c1-7-4-8(11)10(9(12)5-7)14-3-2-13-6-14/h4-6H,2-3H2,1H3/p+1. The van der Waals surface area contributed by atoms with Gasteiger partial charge in [-0.3, -0.25) is 5.32 Å². The molecule has 0 unspecified atom stereocenters. The van der Waals surface area contributed by atoms with Crippen LogP contribution in [0.4, 0.5) is 5.69 Å². The van der Waals surface area contributed by atoms with Crippen LogP contribution < -0.4 is 5.32 Å². The van der Waals surface area contributed by atoms with E-state index in [1.807, 2.05) is 6.34 Å². The SMILES string of the molecule is Cc1cc(Br)c([N+]2=CNCC2)c(Br)c1. The molecular formula is C10H11Br2N2+. The number of halogens is 2. The van der Waals surface area contributed by atoms with Gasteiger partial charge in [-0.1, -0.05) is 0 Å². The van der Waals surface area contributed by atoms with E-state index in [0.29, 0.717) is 0 Å². The molecule has 1 heterocycles. The maximum atomic E-state index is 3.59. The summed E-state index contributed by atoms with van der Waals surface area (Å²) in [5.74, 6) is 0. The Kier molecular flexibility index (Phi) is 2.93. The average molecular weight is 319 g/mol. The molecule has 2 rings (SSSR count). The van der Waals surface area contributed by atoms with Gasteiger partial charge in [0.25, 0.3) is 0 Å².